The Morgan fingerprint density at radius 1 is 0.971 bits per heavy atom. The first-order chi connectivity index (χ1) is 17.0. The zero-order valence-electron chi connectivity index (χ0n) is 20.4. The highest BCUT2D eigenvalue weighted by atomic mass is 35.5. The molecule has 0 aliphatic heterocycles. The largest absolute Gasteiger partial charge is 0.484 e. The number of unbranched alkanes of at least 4 members (excludes halogenated alkanes) is 1. The molecule has 0 saturated heterocycles. The molecule has 0 heterocycles. The molecule has 1 unspecified atom stereocenters. The Hall–Kier alpha value is -3.31. The molecule has 184 valence electrons. The predicted octanol–water partition coefficient (Wildman–Crippen LogP) is 5.58. The van der Waals surface area contributed by atoms with Crippen LogP contribution >= 0.6 is 11.6 Å². The Bertz CT molecular complexity index is 1090. The quantitative estimate of drug-likeness (QED) is 0.335. The number of nitrogens with one attached hydrogen (secondary N) is 1. The maximum atomic E-state index is 13.5. The normalized spacial score (nSPS) is 11.5. The summed E-state index contributed by atoms with van der Waals surface area (Å²) in [7, 11) is 0. The number of ether oxygens (including phenoxy) is 1. The molecule has 2 amide bonds. The second-order valence-electron chi connectivity index (χ2n) is 8.60. The van der Waals surface area contributed by atoms with Crippen LogP contribution in [0.2, 0.25) is 5.02 Å². The Balaban J connectivity index is 1.87. The number of halogens is 1. The van der Waals surface area contributed by atoms with E-state index in [0.29, 0.717) is 23.7 Å². The fourth-order valence-electron chi connectivity index (χ4n) is 3.75. The number of hydrogen-bond donors (Lipinski definition) is 1. The van der Waals surface area contributed by atoms with Crippen LogP contribution < -0.4 is 10.1 Å². The van der Waals surface area contributed by atoms with E-state index in [4.69, 9.17) is 16.3 Å². The predicted molar refractivity (Wildman–Crippen MR) is 141 cm³/mol. The van der Waals surface area contributed by atoms with E-state index in [9.17, 15) is 9.59 Å². The fraction of sp³-hybridized carbons (Fsp3) is 0.310. The first kappa shape index (κ1) is 26.3. The van der Waals surface area contributed by atoms with Crippen molar-refractivity contribution in [2.75, 3.05) is 13.2 Å². The Morgan fingerprint density at radius 3 is 2.37 bits per heavy atom. The first-order valence-electron chi connectivity index (χ1n) is 12.0. The Labute approximate surface area is 213 Å². The first-order valence-corrected chi connectivity index (χ1v) is 12.4. The molecule has 3 rings (SSSR count). The summed E-state index contributed by atoms with van der Waals surface area (Å²) < 4.78 is 5.79. The molecule has 0 aliphatic rings. The van der Waals surface area contributed by atoms with Gasteiger partial charge in [0.15, 0.2) is 6.61 Å². The van der Waals surface area contributed by atoms with Crippen LogP contribution in [0.3, 0.4) is 0 Å². The number of aryl methyl sites for hydroxylation is 1. The molecule has 0 bridgehead atoms. The topological polar surface area (TPSA) is 58.6 Å². The lowest BCUT2D eigenvalue weighted by molar-refractivity contribution is -0.142. The van der Waals surface area contributed by atoms with Crippen LogP contribution in [-0.4, -0.2) is 35.9 Å². The van der Waals surface area contributed by atoms with Gasteiger partial charge in [-0.3, -0.25) is 9.59 Å². The smallest absolute Gasteiger partial charge is 0.261 e. The molecule has 0 radical (unpaired) electrons. The zero-order chi connectivity index (χ0) is 25.0. The average Bonchev–Trinajstić information content (AvgIpc) is 2.86. The highest BCUT2D eigenvalue weighted by molar-refractivity contribution is 6.30. The van der Waals surface area contributed by atoms with E-state index in [0.717, 1.165) is 29.5 Å². The third kappa shape index (κ3) is 8.45. The van der Waals surface area contributed by atoms with Crippen molar-refractivity contribution in [3.05, 3.63) is 101 Å². The molecule has 6 heteroatoms. The summed E-state index contributed by atoms with van der Waals surface area (Å²) in [6, 6.07) is 23.9. The molecular formula is C29H33ClN2O3. The van der Waals surface area contributed by atoms with Gasteiger partial charge < -0.3 is 15.0 Å². The fourth-order valence-corrected chi connectivity index (χ4v) is 3.97. The molecule has 0 aliphatic carbocycles. The van der Waals surface area contributed by atoms with Crippen molar-refractivity contribution in [3.8, 4) is 5.75 Å². The summed E-state index contributed by atoms with van der Waals surface area (Å²) in [4.78, 5) is 28.5. The van der Waals surface area contributed by atoms with Crippen LogP contribution in [0.4, 0.5) is 0 Å². The van der Waals surface area contributed by atoms with Crippen LogP contribution in [0.25, 0.3) is 0 Å². The number of benzene rings is 3. The summed E-state index contributed by atoms with van der Waals surface area (Å²) in [5, 5.41) is 3.60. The van der Waals surface area contributed by atoms with Crippen LogP contribution in [0, 0.1) is 6.92 Å². The molecule has 0 spiro atoms. The second-order valence-corrected chi connectivity index (χ2v) is 9.04. The molecule has 3 aromatic carbocycles. The van der Waals surface area contributed by atoms with E-state index in [1.54, 1.807) is 11.0 Å². The number of rotatable bonds is 12. The molecule has 5 nitrogen and oxygen atoms in total. The van der Waals surface area contributed by atoms with Gasteiger partial charge >= 0.3 is 0 Å². The third-order valence-corrected chi connectivity index (χ3v) is 5.96. The van der Waals surface area contributed by atoms with Crippen molar-refractivity contribution >= 4 is 23.4 Å². The molecule has 3 aromatic rings. The molecule has 1 N–H and O–H groups in total. The summed E-state index contributed by atoms with van der Waals surface area (Å²) in [5.74, 6) is 0.170. The van der Waals surface area contributed by atoms with Gasteiger partial charge in [-0.05, 0) is 48.7 Å². The SMILES string of the molecule is CCCCNC(=O)C(Cc1ccccc1)N(Cc1cccc(Cl)c1)C(=O)COc1ccc(C)cc1. The number of carbonyl (C=O) groups is 2. The van der Waals surface area contributed by atoms with Crippen LogP contribution in [0.15, 0.2) is 78.9 Å². The molecule has 35 heavy (non-hydrogen) atoms. The van der Waals surface area contributed by atoms with Gasteiger partial charge in [0.25, 0.3) is 5.91 Å². The maximum Gasteiger partial charge on any atom is 0.261 e. The number of amides is 2. The second kappa shape index (κ2) is 13.5. The highest BCUT2D eigenvalue weighted by Crippen LogP contribution is 2.18. The van der Waals surface area contributed by atoms with Crippen molar-refractivity contribution in [1.82, 2.24) is 10.2 Å². The van der Waals surface area contributed by atoms with Gasteiger partial charge in [0, 0.05) is 24.5 Å². The zero-order valence-corrected chi connectivity index (χ0v) is 21.1. The van der Waals surface area contributed by atoms with E-state index in [1.807, 2.05) is 79.7 Å². The number of nitrogens with zero attached hydrogens (tertiary/aromatic N) is 1. The number of hydrogen-bond acceptors (Lipinski definition) is 3. The van der Waals surface area contributed by atoms with Crippen LogP contribution in [-0.2, 0) is 22.6 Å². The average molecular weight is 493 g/mol. The van der Waals surface area contributed by atoms with Crippen molar-refractivity contribution in [3.63, 3.8) is 0 Å². The van der Waals surface area contributed by atoms with Crippen LogP contribution in [0.5, 0.6) is 5.75 Å². The maximum absolute atomic E-state index is 13.5. The lowest BCUT2D eigenvalue weighted by atomic mass is 10.0. The van der Waals surface area contributed by atoms with E-state index >= 15 is 0 Å². The molecule has 0 aromatic heterocycles. The highest BCUT2D eigenvalue weighted by Gasteiger charge is 2.30. The van der Waals surface area contributed by atoms with Gasteiger partial charge in [0.05, 0.1) is 0 Å². The lowest BCUT2D eigenvalue weighted by Gasteiger charge is -2.31. The third-order valence-electron chi connectivity index (χ3n) is 5.73. The van der Waals surface area contributed by atoms with E-state index in [2.05, 4.69) is 12.2 Å². The van der Waals surface area contributed by atoms with Gasteiger partial charge in [-0.2, -0.15) is 0 Å². The summed E-state index contributed by atoms with van der Waals surface area (Å²) in [5.41, 5.74) is 2.94. The molecular weight excluding hydrogens is 460 g/mol. The Morgan fingerprint density at radius 2 is 1.69 bits per heavy atom. The minimum absolute atomic E-state index is 0.169. The minimum Gasteiger partial charge on any atom is -0.484 e. The minimum atomic E-state index is -0.692. The molecule has 1 atom stereocenters. The van der Waals surface area contributed by atoms with Gasteiger partial charge in [0.1, 0.15) is 11.8 Å². The van der Waals surface area contributed by atoms with E-state index in [1.165, 1.54) is 0 Å². The van der Waals surface area contributed by atoms with Gasteiger partial charge in [-0.25, -0.2) is 0 Å². The standard InChI is InChI=1S/C29H33ClN2O3/c1-3-4-17-31-29(34)27(19-23-9-6-5-7-10-23)32(20-24-11-8-12-25(30)18-24)28(33)21-35-26-15-13-22(2)14-16-26/h5-16,18,27H,3-4,17,19-21H2,1-2H3,(H,31,34). The summed E-state index contributed by atoms with van der Waals surface area (Å²) in [6.07, 6.45) is 2.25. The van der Waals surface area contributed by atoms with Crippen LogP contribution in [0.1, 0.15) is 36.5 Å². The van der Waals surface area contributed by atoms with Gasteiger partial charge in [-0.15, -0.1) is 0 Å². The van der Waals surface area contributed by atoms with Crippen molar-refractivity contribution in [1.29, 1.82) is 0 Å². The summed E-state index contributed by atoms with van der Waals surface area (Å²) in [6.45, 7) is 4.71. The van der Waals surface area contributed by atoms with E-state index in [-0.39, 0.29) is 25.0 Å². The Kier molecular flexibility index (Phi) is 10.2. The van der Waals surface area contributed by atoms with Crippen molar-refractivity contribution < 1.29 is 14.3 Å². The van der Waals surface area contributed by atoms with Crippen molar-refractivity contribution in [2.24, 2.45) is 0 Å². The van der Waals surface area contributed by atoms with Gasteiger partial charge in [-0.1, -0.05) is 85.1 Å². The monoisotopic (exact) mass is 492 g/mol. The molecule has 0 saturated carbocycles. The lowest BCUT2D eigenvalue weighted by Crippen LogP contribution is -2.51. The van der Waals surface area contributed by atoms with E-state index < -0.39 is 6.04 Å². The van der Waals surface area contributed by atoms with Crippen molar-refractivity contribution in [2.45, 2.75) is 45.7 Å². The molecule has 0 fully saturated rings. The number of carbonyl (C=O) groups excluding carboxylic acids is 2. The van der Waals surface area contributed by atoms with Gasteiger partial charge in [0.2, 0.25) is 5.91 Å². The summed E-state index contributed by atoms with van der Waals surface area (Å²) >= 11 is 6.21.